The van der Waals surface area contributed by atoms with Crippen molar-refractivity contribution in [3.63, 3.8) is 0 Å². The van der Waals surface area contributed by atoms with Crippen LogP contribution in [0.5, 0.6) is 0 Å². The largest absolute Gasteiger partial charge is 0.466 e. The lowest BCUT2D eigenvalue weighted by Gasteiger charge is -2.05. The average molecular weight is 223 g/mol. The molecule has 0 bridgehead atoms. The van der Waals surface area contributed by atoms with Crippen LogP contribution in [0, 0.1) is 0 Å². The molecule has 0 radical (unpaired) electrons. The number of nitrogens with two attached hydrogens (primary N) is 1. The topological polar surface area (TPSA) is 78.1 Å². The molecule has 16 heavy (non-hydrogen) atoms. The van der Waals surface area contributed by atoms with Gasteiger partial charge in [-0.3, -0.25) is 4.79 Å². The first-order chi connectivity index (χ1) is 7.67. The molecule has 0 unspecified atom stereocenters. The Morgan fingerprint density at radius 2 is 2.25 bits per heavy atom. The van der Waals surface area contributed by atoms with Crippen molar-refractivity contribution in [2.75, 3.05) is 12.3 Å². The summed E-state index contributed by atoms with van der Waals surface area (Å²) in [5.41, 5.74) is 6.36. The van der Waals surface area contributed by atoms with Crippen molar-refractivity contribution in [1.82, 2.24) is 9.97 Å². The van der Waals surface area contributed by atoms with E-state index in [1.165, 1.54) is 0 Å². The molecule has 0 saturated heterocycles. The van der Waals surface area contributed by atoms with Gasteiger partial charge in [0.1, 0.15) is 11.6 Å². The van der Waals surface area contributed by atoms with Crippen LogP contribution in [-0.2, 0) is 22.4 Å². The summed E-state index contributed by atoms with van der Waals surface area (Å²) < 4.78 is 4.83. The Morgan fingerprint density at radius 1 is 1.50 bits per heavy atom. The molecule has 5 nitrogen and oxygen atoms in total. The van der Waals surface area contributed by atoms with E-state index in [1.807, 2.05) is 6.92 Å². The van der Waals surface area contributed by atoms with E-state index in [4.69, 9.17) is 10.5 Å². The van der Waals surface area contributed by atoms with Crippen molar-refractivity contribution in [2.45, 2.75) is 33.1 Å². The van der Waals surface area contributed by atoms with Crippen molar-refractivity contribution >= 4 is 11.8 Å². The van der Waals surface area contributed by atoms with Gasteiger partial charge in [0.05, 0.1) is 13.0 Å². The normalized spacial score (nSPS) is 10.1. The SMILES string of the molecule is CCCc1ncc(CC(=O)OCC)c(N)n1. The second kappa shape index (κ2) is 6.05. The molecule has 0 atom stereocenters. The summed E-state index contributed by atoms with van der Waals surface area (Å²) in [6.45, 7) is 4.18. The van der Waals surface area contributed by atoms with E-state index in [1.54, 1.807) is 13.1 Å². The summed E-state index contributed by atoms with van der Waals surface area (Å²) in [4.78, 5) is 19.5. The van der Waals surface area contributed by atoms with Crippen LogP contribution in [0.15, 0.2) is 6.20 Å². The van der Waals surface area contributed by atoms with Gasteiger partial charge in [-0.05, 0) is 13.3 Å². The minimum atomic E-state index is -0.305. The predicted molar refractivity (Wildman–Crippen MR) is 60.8 cm³/mol. The molecule has 88 valence electrons. The summed E-state index contributed by atoms with van der Waals surface area (Å²) >= 11 is 0. The van der Waals surface area contributed by atoms with Crippen LogP contribution < -0.4 is 5.73 Å². The Bertz CT molecular complexity index is 366. The van der Waals surface area contributed by atoms with Crippen LogP contribution in [0.1, 0.15) is 31.7 Å². The molecule has 0 fully saturated rings. The number of carbonyl (C=O) groups is 1. The predicted octanol–water partition coefficient (Wildman–Crippen LogP) is 1.12. The van der Waals surface area contributed by atoms with E-state index < -0.39 is 0 Å². The Hall–Kier alpha value is -1.65. The zero-order chi connectivity index (χ0) is 12.0. The highest BCUT2D eigenvalue weighted by Crippen LogP contribution is 2.09. The maximum Gasteiger partial charge on any atom is 0.310 e. The number of aryl methyl sites for hydroxylation is 1. The summed E-state index contributed by atoms with van der Waals surface area (Å²) in [6.07, 6.45) is 3.50. The zero-order valence-corrected chi connectivity index (χ0v) is 9.69. The Morgan fingerprint density at radius 3 is 2.81 bits per heavy atom. The quantitative estimate of drug-likeness (QED) is 0.757. The standard InChI is InChI=1S/C11H17N3O2/c1-3-5-9-13-7-8(11(12)14-9)6-10(15)16-4-2/h7H,3-6H2,1-2H3,(H2,12,13,14). The highest BCUT2D eigenvalue weighted by Gasteiger charge is 2.09. The minimum Gasteiger partial charge on any atom is -0.466 e. The molecular formula is C11H17N3O2. The fraction of sp³-hybridized carbons (Fsp3) is 0.545. The maximum atomic E-state index is 11.2. The third kappa shape index (κ3) is 3.49. The molecular weight excluding hydrogens is 206 g/mol. The lowest BCUT2D eigenvalue weighted by atomic mass is 10.2. The van der Waals surface area contributed by atoms with Gasteiger partial charge in [0.15, 0.2) is 0 Å². The molecule has 1 rings (SSSR count). The van der Waals surface area contributed by atoms with Crippen molar-refractivity contribution in [2.24, 2.45) is 0 Å². The highest BCUT2D eigenvalue weighted by atomic mass is 16.5. The van der Waals surface area contributed by atoms with Crippen molar-refractivity contribution in [3.05, 3.63) is 17.6 Å². The van der Waals surface area contributed by atoms with Crippen LogP contribution in [0.4, 0.5) is 5.82 Å². The molecule has 2 N–H and O–H groups in total. The Labute approximate surface area is 95.0 Å². The van der Waals surface area contributed by atoms with Crippen LogP contribution in [-0.4, -0.2) is 22.5 Å². The summed E-state index contributed by atoms with van der Waals surface area (Å²) in [5, 5.41) is 0. The monoisotopic (exact) mass is 223 g/mol. The van der Waals surface area contributed by atoms with E-state index in [9.17, 15) is 4.79 Å². The van der Waals surface area contributed by atoms with Crippen LogP contribution in [0.3, 0.4) is 0 Å². The number of esters is 1. The third-order valence-electron chi connectivity index (χ3n) is 2.06. The first-order valence-electron chi connectivity index (χ1n) is 5.43. The second-order valence-corrected chi connectivity index (χ2v) is 3.43. The lowest BCUT2D eigenvalue weighted by Crippen LogP contribution is -2.11. The minimum absolute atomic E-state index is 0.131. The van der Waals surface area contributed by atoms with Crippen molar-refractivity contribution < 1.29 is 9.53 Å². The molecule has 1 heterocycles. The molecule has 0 amide bonds. The number of rotatable bonds is 5. The Balaban J connectivity index is 2.71. The molecule has 0 aliphatic rings. The van der Waals surface area contributed by atoms with Crippen LogP contribution in [0.2, 0.25) is 0 Å². The van der Waals surface area contributed by atoms with E-state index in [0.29, 0.717) is 23.8 Å². The van der Waals surface area contributed by atoms with E-state index in [2.05, 4.69) is 9.97 Å². The summed E-state index contributed by atoms with van der Waals surface area (Å²) in [5.74, 6) is 0.778. The number of anilines is 1. The number of hydrogen-bond donors (Lipinski definition) is 1. The molecule has 0 aromatic carbocycles. The number of nitrogens with zero attached hydrogens (tertiary/aromatic N) is 2. The fourth-order valence-corrected chi connectivity index (χ4v) is 1.31. The van der Waals surface area contributed by atoms with E-state index in [-0.39, 0.29) is 12.4 Å². The number of aromatic nitrogens is 2. The van der Waals surface area contributed by atoms with Crippen LogP contribution >= 0.6 is 0 Å². The van der Waals surface area contributed by atoms with Gasteiger partial charge < -0.3 is 10.5 Å². The van der Waals surface area contributed by atoms with Gasteiger partial charge in [0, 0.05) is 18.2 Å². The molecule has 1 aromatic heterocycles. The van der Waals surface area contributed by atoms with Gasteiger partial charge in [-0.25, -0.2) is 9.97 Å². The van der Waals surface area contributed by atoms with Gasteiger partial charge in [-0.15, -0.1) is 0 Å². The molecule has 0 aliphatic heterocycles. The van der Waals surface area contributed by atoms with Gasteiger partial charge in [-0.1, -0.05) is 6.92 Å². The van der Waals surface area contributed by atoms with Crippen molar-refractivity contribution in [1.29, 1.82) is 0 Å². The van der Waals surface area contributed by atoms with Gasteiger partial charge in [-0.2, -0.15) is 0 Å². The van der Waals surface area contributed by atoms with E-state index >= 15 is 0 Å². The first-order valence-corrected chi connectivity index (χ1v) is 5.43. The highest BCUT2D eigenvalue weighted by molar-refractivity contribution is 5.74. The summed E-state index contributed by atoms with van der Waals surface area (Å²) in [6, 6.07) is 0. The van der Waals surface area contributed by atoms with E-state index in [0.717, 1.165) is 12.8 Å². The number of carbonyl (C=O) groups excluding carboxylic acids is 1. The summed E-state index contributed by atoms with van der Waals surface area (Å²) in [7, 11) is 0. The molecule has 1 aromatic rings. The number of ether oxygens (including phenoxy) is 1. The molecule has 0 aliphatic carbocycles. The van der Waals surface area contributed by atoms with Gasteiger partial charge in [0.2, 0.25) is 0 Å². The lowest BCUT2D eigenvalue weighted by molar-refractivity contribution is -0.142. The van der Waals surface area contributed by atoms with Crippen LogP contribution in [0.25, 0.3) is 0 Å². The molecule has 5 heteroatoms. The average Bonchev–Trinajstić information content (AvgIpc) is 2.23. The molecule has 0 spiro atoms. The third-order valence-corrected chi connectivity index (χ3v) is 2.06. The van der Waals surface area contributed by atoms with Crippen molar-refractivity contribution in [3.8, 4) is 0 Å². The Kier molecular flexibility index (Phi) is 4.69. The maximum absolute atomic E-state index is 11.2. The first kappa shape index (κ1) is 12.4. The van der Waals surface area contributed by atoms with Gasteiger partial charge >= 0.3 is 5.97 Å². The smallest absolute Gasteiger partial charge is 0.310 e. The fourth-order valence-electron chi connectivity index (χ4n) is 1.31. The molecule has 0 saturated carbocycles. The van der Waals surface area contributed by atoms with Gasteiger partial charge in [0.25, 0.3) is 0 Å². The zero-order valence-electron chi connectivity index (χ0n) is 9.69. The number of hydrogen-bond acceptors (Lipinski definition) is 5. The number of nitrogen functional groups attached to an aromatic ring is 1. The second-order valence-electron chi connectivity index (χ2n) is 3.43.